The van der Waals surface area contributed by atoms with E-state index in [1.165, 1.54) is 24.9 Å². The van der Waals surface area contributed by atoms with Crippen molar-refractivity contribution in [2.24, 2.45) is 0 Å². The Kier molecular flexibility index (Phi) is 4.78. The van der Waals surface area contributed by atoms with Crippen molar-refractivity contribution in [1.29, 1.82) is 0 Å². The molecule has 0 bridgehead atoms. The van der Waals surface area contributed by atoms with Crippen molar-refractivity contribution in [1.82, 2.24) is 20.2 Å². The number of nitrogens with zero attached hydrogens (tertiary/aromatic N) is 4. The first-order chi connectivity index (χ1) is 11.2. The molecule has 118 valence electrons. The zero-order valence-electron chi connectivity index (χ0n) is 12.1. The van der Waals surface area contributed by atoms with Crippen molar-refractivity contribution in [2.45, 2.75) is 10.9 Å². The summed E-state index contributed by atoms with van der Waals surface area (Å²) in [7, 11) is 1.44. The predicted molar refractivity (Wildman–Crippen MR) is 86.7 cm³/mol. The Labute approximate surface area is 141 Å². The summed E-state index contributed by atoms with van der Waals surface area (Å²) in [5.41, 5.74) is 1.58. The minimum Gasteiger partial charge on any atom is -0.494 e. The zero-order valence-corrected chi connectivity index (χ0v) is 13.7. The van der Waals surface area contributed by atoms with Crippen LogP contribution in [-0.4, -0.2) is 27.3 Å². The summed E-state index contributed by atoms with van der Waals surface area (Å²) in [6, 6.07) is 12.1. The lowest BCUT2D eigenvalue weighted by Crippen LogP contribution is -1.99. The molecule has 5 nitrogen and oxygen atoms in total. The van der Waals surface area contributed by atoms with Gasteiger partial charge in [0, 0.05) is 10.8 Å². The second-order valence-corrected chi connectivity index (χ2v) is 5.99. The molecular formula is C15H12ClFN4OS. The van der Waals surface area contributed by atoms with Gasteiger partial charge in [-0.3, -0.25) is 0 Å². The maximum absolute atomic E-state index is 13.7. The third-order valence-electron chi connectivity index (χ3n) is 3.08. The minimum atomic E-state index is -0.389. The summed E-state index contributed by atoms with van der Waals surface area (Å²) >= 11 is 7.40. The second kappa shape index (κ2) is 6.97. The normalized spacial score (nSPS) is 10.7. The Balaban J connectivity index is 1.77. The first-order valence-electron chi connectivity index (χ1n) is 6.67. The maximum atomic E-state index is 13.7. The third kappa shape index (κ3) is 3.62. The molecule has 3 aromatic rings. The van der Waals surface area contributed by atoms with Crippen molar-refractivity contribution in [2.75, 3.05) is 7.11 Å². The molecule has 0 saturated carbocycles. The van der Waals surface area contributed by atoms with E-state index in [-0.39, 0.29) is 11.6 Å². The lowest BCUT2D eigenvalue weighted by atomic mass is 10.2. The molecule has 23 heavy (non-hydrogen) atoms. The molecule has 3 rings (SSSR count). The van der Waals surface area contributed by atoms with Gasteiger partial charge >= 0.3 is 0 Å². The van der Waals surface area contributed by atoms with E-state index in [0.717, 1.165) is 11.3 Å². The first-order valence-corrected chi connectivity index (χ1v) is 8.03. The van der Waals surface area contributed by atoms with Crippen LogP contribution in [0.1, 0.15) is 5.56 Å². The summed E-state index contributed by atoms with van der Waals surface area (Å²) in [4.78, 5) is 0. The number of rotatable bonds is 5. The largest absolute Gasteiger partial charge is 0.494 e. The quantitative estimate of drug-likeness (QED) is 0.656. The second-order valence-electron chi connectivity index (χ2n) is 4.61. The van der Waals surface area contributed by atoms with E-state index in [4.69, 9.17) is 16.3 Å². The average Bonchev–Trinajstić information content (AvgIpc) is 3.01. The molecule has 0 saturated heterocycles. The topological polar surface area (TPSA) is 52.8 Å². The van der Waals surface area contributed by atoms with Crippen LogP contribution in [0.25, 0.3) is 5.69 Å². The van der Waals surface area contributed by atoms with Gasteiger partial charge in [0.15, 0.2) is 11.6 Å². The molecule has 0 aliphatic carbocycles. The fourth-order valence-electron chi connectivity index (χ4n) is 1.99. The van der Waals surface area contributed by atoms with Gasteiger partial charge in [-0.25, -0.2) is 4.39 Å². The number of thioether (sulfide) groups is 1. The zero-order chi connectivity index (χ0) is 16.2. The van der Waals surface area contributed by atoms with Crippen molar-refractivity contribution in [3.8, 4) is 11.4 Å². The van der Waals surface area contributed by atoms with Crippen LogP contribution < -0.4 is 4.74 Å². The van der Waals surface area contributed by atoms with Gasteiger partial charge in [-0.15, -0.1) is 5.10 Å². The summed E-state index contributed by atoms with van der Waals surface area (Å²) in [6.45, 7) is 0. The highest BCUT2D eigenvalue weighted by Gasteiger charge is 2.10. The number of methoxy groups -OCH3 is 1. The number of hydrogen-bond acceptors (Lipinski definition) is 5. The van der Waals surface area contributed by atoms with Crippen LogP contribution in [0.15, 0.2) is 47.6 Å². The molecule has 2 aromatic carbocycles. The molecule has 0 radical (unpaired) electrons. The van der Waals surface area contributed by atoms with Crippen molar-refractivity contribution >= 4 is 23.4 Å². The number of halogens is 2. The molecule has 0 amide bonds. The highest BCUT2D eigenvalue weighted by molar-refractivity contribution is 7.98. The lowest BCUT2D eigenvalue weighted by molar-refractivity contribution is 0.386. The fraction of sp³-hybridized carbons (Fsp3) is 0.133. The molecule has 0 N–H and O–H groups in total. The van der Waals surface area contributed by atoms with Gasteiger partial charge in [0.05, 0.1) is 12.8 Å². The van der Waals surface area contributed by atoms with E-state index in [0.29, 0.717) is 15.9 Å². The molecule has 0 aliphatic rings. The molecule has 0 atom stereocenters. The molecule has 1 heterocycles. The molecule has 0 spiro atoms. The Morgan fingerprint density at radius 3 is 2.87 bits per heavy atom. The highest BCUT2D eigenvalue weighted by atomic mass is 35.5. The Bertz CT molecular complexity index is 827. The Hall–Kier alpha value is -2.12. The first kappa shape index (κ1) is 15.8. The molecule has 0 aliphatic heterocycles. The van der Waals surface area contributed by atoms with E-state index in [9.17, 15) is 4.39 Å². The smallest absolute Gasteiger partial charge is 0.214 e. The van der Waals surface area contributed by atoms with Gasteiger partial charge in [0.2, 0.25) is 5.16 Å². The molecule has 8 heteroatoms. The van der Waals surface area contributed by atoms with Gasteiger partial charge < -0.3 is 4.74 Å². The molecule has 1 aromatic heterocycles. The maximum Gasteiger partial charge on any atom is 0.214 e. The Morgan fingerprint density at radius 2 is 2.13 bits per heavy atom. The van der Waals surface area contributed by atoms with E-state index in [1.54, 1.807) is 22.9 Å². The standard InChI is InChI=1S/C15H12ClFN4OS/c1-22-14-6-5-10(7-13(14)17)9-23-15-18-19-20-21(15)12-4-2-3-11(16)8-12/h2-8H,9H2,1H3. The van der Waals surface area contributed by atoms with Crippen molar-refractivity contribution in [3.63, 3.8) is 0 Å². The molecule has 0 unspecified atom stereocenters. The van der Waals surface area contributed by atoms with Crippen LogP contribution >= 0.6 is 23.4 Å². The van der Waals surface area contributed by atoms with E-state index < -0.39 is 0 Å². The lowest BCUT2D eigenvalue weighted by Gasteiger charge is -2.06. The summed E-state index contributed by atoms with van der Waals surface area (Å²) in [5.74, 6) is 0.365. The van der Waals surface area contributed by atoms with Crippen LogP contribution in [0.5, 0.6) is 5.75 Å². The number of aromatic nitrogens is 4. The molecular weight excluding hydrogens is 339 g/mol. The van der Waals surface area contributed by atoms with Gasteiger partial charge in [0.25, 0.3) is 0 Å². The van der Waals surface area contributed by atoms with Crippen LogP contribution in [0, 0.1) is 5.82 Å². The van der Waals surface area contributed by atoms with E-state index >= 15 is 0 Å². The monoisotopic (exact) mass is 350 g/mol. The van der Waals surface area contributed by atoms with Gasteiger partial charge in [-0.1, -0.05) is 35.5 Å². The van der Waals surface area contributed by atoms with E-state index in [2.05, 4.69) is 15.5 Å². The SMILES string of the molecule is COc1ccc(CSc2nnnn2-c2cccc(Cl)c2)cc1F. The summed E-state index contributed by atoms with van der Waals surface area (Å²) in [6.07, 6.45) is 0. The van der Waals surface area contributed by atoms with Gasteiger partial charge in [-0.05, 0) is 46.3 Å². The number of hydrogen-bond donors (Lipinski definition) is 0. The number of tetrazole rings is 1. The number of ether oxygens (including phenoxy) is 1. The van der Waals surface area contributed by atoms with Crippen LogP contribution in [-0.2, 0) is 5.75 Å². The highest BCUT2D eigenvalue weighted by Crippen LogP contribution is 2.25. The summed E-state index contributed by atoms with van der Waals surface area (Å²) in [5, 5.41) is 12.9. The minimum absolute atomic E-state index is 0.225. The number of benzene rings is 2. The Morgan fingerprint density at radius 1 is 1.26 bits per heavy atom. The van der Waals surface area contributed by atoms with Crippen LogP contribution in [0.3, 0.4) is 0 Å². The third-order valence-corrected chi connectivity index (χ3v) is 4.30. The van der Waals surface area contributed by atoms with E-state index in [1.807, 2.05) is 18.2 Å². The fourth-order valence-corrected chi connectivity index (χ4v) is 3.00. The average molecular weight is 351 g/mol. The molecule has 0 fully saturated rings. The van der Waals surface area contributed by atoms with Crippen LogP contribution in [0.4, 0.5) is 4.39 Å². The van der Waals surface area contributed by atoms with Gasteiger partial charge in [0.1, 0.15) is 0 Å². The predicted octanol–water partition coefficient (Wildman–Crippen LogP) is 3.76. The van der Waals surface area contributed by atoms with Crippen molar-refractivity contribution < 1.29 is 9.13 Å². The van der Waals surface area contributed by atoms with Gasteiger partial charge in [-0.2, -0.15) is 4.68 Å². The van der Waals surface area contributed by atoms with Crippen LogP contribution in [0.2, 0.25) is 5.02 Å². The van der Waals surface area contributed by atoms with Crippen molar-refractivity contribution in [3.05, 3.63) is 58.9 Å². The summed E-state index contributed by atoms with van der Waals surface area (Å²) < 4.78 is 20.2.